The van der Waals surface area contributed by atoms with Crippen molar-refractivity contribution in [3.8, 4) is 0 Å². The maximum absolute atomic E-state index is 14.3. The van der Waals surface area contributed by atoms with E-state index in [-0.39, 0.29) is 18.2 Å². The van der Waals surface area contributed by atoms with Gasteiger partial charge in [-0.3, -0.25) is 14.7 Å². The highest BCUT2D eigenvalue weighted by Gasteiger charge is 2.59. The summed E-state index contributed by atoms with van der Waals surface area (Å²) in [6, 6.07) is 1.10. The summed E-state index contributed by atoms with van der Waals surface area (Å²) in [5, 5.41) is 20.9. The van der Waals surface area contributed by atoms with Crippen LogP contribution in [0, 0.1) is 0 Å². The number of allylic oxidation sites excluding steroid dienone is 2. The van der Waals surface area contributed by atoms with Gasteiger partial charge in [-0.15, -0.1) is 0 Å². The number of hydrogen-bond donors (Lipinski definition) is 3. The first-order valence-corrected chi connectivity index (χ1v) is 15.7. The molecule has 1 unspecified atom stereocenters. The number of hydrogen-bond acceptors (Lipinski definition) is 8. The van der Waals surface area contributed by atoms with E-state index in [1.54, 1.807) is 0 Å². The maximum atomic E-state index is 14.3. The van der Waals surface area contributed by atoms with E-state index in [1.165, 1.54) is 51.4 Å². The highest BCUT2D eigenvalue weighted by Crippen LogP contribution is 2.42. The Labute approximate surface area is 252 Å². The molecule has 244 valence electrons. The van der Waals surface area contributed by atoms with Crippen molar-refractivity contribution < 1.29 is 38.1 Å². The summed E-state index contributed by atoms with van der Waals surface area (Å²) >= 11 is 0. The molecule has 1 aromatic heterocycles. The minimum Gasteiger partial charge on any atom is -0.449 e. The van der Waals surface area contributed by atoms with E-state index in [0.29, 0.717) is 23.8 Å². The van der Waals surface area contributed by atoms with Crippen LogP contribution in [0.5, 0.6) is 0 Å². The smallest absolute Gasteiger partial charge is 0.412 e. The zero-order valence-electron chi connectivity index (χ0n) is 25.4. The van der Waals surface area contributed by atoms with Gasteiger partial charge in [0.05, 0.1) is 13.2 Å². The van der Waals surface area contributed by atoms with E-state index in [2.05, 4.69) is 29.4 Å². The van der Waals surface area contributed by atoms with E-state index >= 15 is 0 Å². The van der Waals surface area contributed by atoms with Gasteiger partial charge in [0.15, 0.2) is 6.10 Å². The average Bonchev–Trinajstić information content (AvgIpc) is 3.20. The third kappa shape index (κ3) is 13.2. The summed E-state index contributed by atoms with van der Waals surface area (Å²) in [7, 11) is 0. The van der Waals surface area contributed by atoms with E-state index in [9.17, 15) is 28.3 Å². The van der Waals surface area contributed by atoms with Crippen molar-refractivity contribution in [1.29, 1.82) is 0 Å². The minimum atomic E-state index is -3.84. The number of aromatic nitrogens is 2. The standard InChI is InChI=1S/C31H49F2N3O7/c1-2-3-4-5-6-7-8-9-10-11-12-13-14-15-16-18-24(38)19-17-22-42-30(41)35-26-20-21-36(29(40)34-26)28-31(32,33)27(39)25(23-37)43-28/h9-10,20-21,25,27-28,37,39H,2-8,11-19,22-23H2,1H3,(H,34,35,40,41)/b10-9-/t25-,27?,28-/m1/s1. The van der Waals surface area contributed by atoms with E-state index in [0.717, 1.165) is 44.4 Å². The van der Waals surface area contributed by atoms with Crippen LogP contribution >= 0.6 is 0 Å². The lowest BCUT2D eigenvalue weighted by molar-refractivity contribution is -0.140. The molecule has 0 aromatic carbocycles. The number of amides is 1. The van der Waals surface area contributed by atoms with Gasteiger partial charge in [-0.2, -0.15) is 13.8 Å². The fourth-order valence-electron chi connectivity index (χ4n) is 4.87. The molecule has 1 fully saturated rings. The van der Waals surface area contributed by atoms with Crippen LogP contribution in [-0.2, 0) is 14.3 Å². The Morgan fingerprint density at radius 3 is 2.23 bits per heavy atom. The summed E-state index contributed by atoms with van der Waals surface area (Å²) in [5.41, 5.74) is -1.16. The first-order chi connectivity index (χ1) is 20.7. The number of carbonyl (C=O) groups excluding carboxylic acids is 2. The van der Waals surface area contributed by atoms with E-state index in [4.69, 9.17) is 14.6 Å². The predicted octanol–water partition coefficient (Wildman–Crippen LogP) is 6.06. The molecule has 0 saturated carbocycles. The Morgan fingerprint density at radius 2 is 1.63 bits per heavy atom. The fraction of sp³-hybridized carbons (Fsp3) is 0.742. The number of nitrogens with zero attached hydrogens (tertiary/aromatic N) is 2. The normalized spacial score (nSPS) is 19.6. The molecule has 0 aliphatic carbocycles. The molecule has 10 nitrogen and oxygen atoms in total. The SMILES string of the molecule is CCCCCCCC/C=C\CCCCCCCC(=O)CCCOC(=O)Nc1ccn([C@@H]2O[C@H](CO)C(O)C2(F)F)c(=O)n1. The summed E-state index contributed by atoms with van der Waals surface area (Å²) < 4.78 is 38.9. The van der Waals surface area contributed by atoms with Crippen molar-refractivity contribution in [2.75, 3.05) is 18.5 Å². The number of nitrogens with one attached hydrogen (secondary N) is 1. The van der Waals surface area contributed by atoms with Crippen molar-refractivity contribution >= 4 is 17.7 Å². The van der Waals surface area contributed by atoms with Gasteiger partial charge >= 0.3 is 17.7 Å². The number of unbranched alkanes of at least 4 members (excludes halogenated alkanes) is 11. The number of halogens is 2. The topological polar surface area (TPSA) is 140 Å². The number of alkyl halides is 2. The molecule has 3 atom stereocenters. The quantitative estimate of drug-likeness (QED) is 0.106. The number of anilines is 1. The van der Waals surface area contributed by atoms with Crippen LogP contribution in [0.25, 0.3) is 0 Å². The van der Waals surface area contributed by atoms with Gasteiger partial charge in [0, 0.05) is 19.0 Å². The van der Waals surface area contributed by atoms with Gasteiger partial charge in [-0.1, -0.05) is 70.4 Å². The van der Waals surface area contributed by atoms with Crippen molar-refractivity contribution in [2.45, 2.75) is 134 Å². The second-order valence-electron chi connectivity index (χ2n) is 11.1. The molecule has 2 heterocycles. The van der Waals surface area contributed by atoms with Crippen LogP contribution in [0.2, 0.25) is 0 Å². The molecule has 0 bridgehead atoms. The Balaban J connectivity index is 1.51. The Hall–Kier alpha value is -2.70. The van der Waals surface area contributed by atoms with Gasteiger partial charge in [-0.25, -0.2) is 9.59 Å². The summed E-state index contributed by atoms with van der Waals surface area (Å²) in [4.78, 5) is 39.9. The molecule has 0 radical (unpaired) electrons. The Bertz CT molecular complexity index is 1050. The number of aliphatic hydroxyl groups is 2. The van der Waals surface area contributed by atoms with Crippen molar-refractivity contribution in [2.24, 2.45) is 0 Å². The molecule has 0 spiro atoms. The molecule has 1 saturated heterocycles. The van der Waals surface area contributed by atoms with E-state index < -0.39 is 42.7 Å². The zero-order chi connectivity index (χ0) is 31.5. The molecule has 1 amide bonds. The fourth-order valence-corrected chi connectivity index (χ4v) is 4.87. The van der Waals surface area contributed by atoms with Crippen LogP contribution in [0.1, 0.15) is 116 Å². The number of rotatable bonds is 22. The molecular formula is C31H49F2N3O7. The van der Waals surface area contributed by atoms with Gasteiger partial charge in [-0.05, 0) is 44.6 Å². The number of aliphatic hydroxyl groups excluding tert-OH is 2. The minimum absolute atomic E-state index is 0.0103. The van der Waals surface area contributed by atoms with Crippen LogP contribution in [0.15, 0.2) is 29.2 Å². The van der Waals surface area contributed by atoms with Gasteiger partial charge in [0.1, 0.15) is 17.7 Å². The molecule has 2 rings (SSSR count). The average molecular weight is 614 g/mol. The molecule has 1 aliphatic heterocycles. The lowest BCUT2D eigenvalue weighted by atomic mass is 10.1. The number of carbonyl (C=O) groups is 2. The van der Waals surface area contributed by atoms with E-state index in [1.807, 2.05) is 0 Å². The zero-order valence-corrected chi connectivity index (χ0v) is 25.4. The molecule has 43 heavy (non-hydrogen) atoms. The summed E-state index contributed by atoms with van der Waals surface area (Å²) in [5.74, 6) is -3.95. The number of ether oxygens (including phenoxy) is 2. The third-order valence-corrected chi connectivity index (χ3v) is 7.42. The van der Waals surface area contributed by atoms with Gasteiger partial charge in [0.2, 0.25) is 6.23 Å². The summed E-state index contributed by atoms with van der Waals surface area (Å²) in [6.07, 6.45) is 15.3. The van der Waals surface area contributed by atoms with Crippen LogP contribution in [0.4, 0.5) is 19.4 Å². The van der Waals surface area contributed by atoms with Crippen LogP contribution < -0.4 is 11.0 Å². The highest BCUT2D eigenvalue weighted by molar-refractivity contribution is 5.83. The maximum Gasteiger partial charge on any atom is 0.412 e. The second kappa shape index (κ2) is 20.3. The third-order valence-electron chi connectivity index (χ3n) is 7.42. The molecule has 12 heteroatoms. The lowest BCUT2D eigenvalue weighted by Crippen LogP contribution is -2.41. The Morgan fingerprint density at radius 1 is 1.02 bits per heavy atom. The lowest BCUT2D eigenvalue weighted by Gasteiger charge is -2.21. The predicted molar refractivity (Wildman–Crippen MR) is 159 cm³/mol. The first kappa shape index (κ1) is 36.5. The van der Waals surface area contributed by atoms with Crippen molar-refractivity contribution in [1.82, 2.24) is 9.55 Å². The summed E-state index contributed by atoms with van der Waals surface area (Å²) in [6.45, 7) is 1.37. The van der Waals surface area contributed by atoms with Crippen molar-refractivity contribution in [3.63, 3.8) is 0 Å². The number of ketones is 1. The van der Waals surface area contributed by atoms with Crippen LogP contribution in [0.3, 0.4) is 0 Å². The Kier molecular flexibility index (Phi) is 17.2. The molecule has 3 N–H and O–H groups in total. The first-order valence-electron chi connectivity index (χ1n) is 15.7. The second-order valence-corrected chi connectivity index (χ2v) is 11.1. The largest absolute Gasteiger partial charge is 0.449 e. The van der Waals surface area contributed by atoms with Gasteiger partial charge in [0.25, 0.3) is 0 Å². The monoisotopic (exact) mass is 613 g/mol. The molecule has 1 aliphatic rings. The van der Waals surface area contributed by atoms with Gasteiger partial charge < -0.3 is 19.7 Å². The van der Waals surface area contributed by atoms with Crippen molar-refractivity contribution in [3.05, 3.63) is 34.9 Å². The molecule has 1 aromatic rings. The number of Topliss-reactive ketones (excluding diaryl/α,β-unsaturated/α-hetero) is 1. The van der Waals surface area contributed by atoms with Crippen LogP contribution in [-0.4, -0.2) is 63.0 Å². The highest BCUT2D eigenvalue weighted by atomic mass is 19.3. The molecular weight excluding hydrogens is 564 g/mol.